The lowest BCUT2D eigenvalue weighted by molar-refractivity contribution is -0.402. The Hall–Kier alpha value is -3.99. The summed E-state index contributed by atoms with van der Waals surface area (Å²) in [6.45, 7) is 7.58. The molecule has 0 radical (unpaired) electrons. The highest BCUT2D eigenvalue weighted by molar-refractivity contribution is 7.07. The van der Waals surface area contributed by atoms with Gasteiger partial charge in [0, 0.05) is 6.08 Å². The zero-order valence-electron chi connectivity index (χ0n) is 19.5. The van der Waals surface area contributed by atoms with E-state index >= 15 is 0 Å². The molecule has 11 heteroatoms. The van der Waals surface area contributed by atoms with Crippen molar-refractivity contribution < 1.29 is 23.6 Å². The Morgan fingerprint density at radius 1 is 1.29 bits per heavy atom. The van der Waals surface area contributed by atoms with Gasteiger partial charge in [-0.15, -0.1) is 0 Å². The summed E-state index contributed by atoms with van der Waals surface area (Å²) in [5, 5.41) is 10.9. The summed E-state index contributed by atoms with van der Waals surface area (Å²) in [6.07, 6.45) is 1.07. The molecule has 1 aliphatic rings. The fourth-order valence-electron chi connectivity index (χ4n) is 3.74. The second-order valence-electron chi connectivity index (χ2n) is 7.97. The van der Waals surface area contributed by atoms with E-state index in [1.54, 1.807) is 45.0 Å². The van der Waals surface area contributed by atoms with Gasteiger partial charge in [0.15, 0.2) is 4.80 Å². The van der Waals surface area contributed by atoms with E-state index in [0.717, 1.165) is 11.3 Å². The first-order valence-corrected chi connectivity index (χ1v) is 11.7. The van der Waals surface area contributed by atoms with Crippen molar-refractivity contribution in [2.75, 3.05) is 6.61 Å². The number of furan rings is 1. The number of hydrogen-bond donors (Lipinski definition) is 0. The number of hydrogen-bond acceptors (Lipinski definition) is 9. The molecule has 2 aromatic heterocycles. The van der Waals surface area contributed by atoms with Gasteiger partial charge in [-0.25, -0.2) is 9.79 Å². The lowest BCUT2D eigenvalue weighted by Crippen LogP contribution is -2.40. The lowest BCUT2D eigenvalue weighted by atomic mass is 9.96. The number of aromatic nitrogens is 1. The standard InChI is InChI=1S/C24H23N3O7S/c1-5-32-16-8-6-15(7-9-16)21-20(23(29)33-13(2)3)14(4)25-24-26(21)22(28)18(35-24)12-17-10-11-19(34-17)27(30)31/h6-13,21H,5H2,1-4H3/b18-12+/t21-/m0/s1. The number of allylic oxidation sites excluding steroid dienone is 1. The van der Waals surface area contributed by atoms with Crippen LogP contribution in [0, 0.1) is 10.1 Å². The second kappa shape index (κ2) is 9.71. The molecule has 0 amide bonds. The van der Waals surface area contributed by atoms with Crippen LogP contribution in [0.25, 0.3) is 6.08 Å². The average Bonchev–Trinajstić information content (AvgIpc) is 3.38. The molecule has 182 valence electrons. The Balaban J connectivity index is 1.89. The zero-order valence-corrected chi connectivity index (χ0v) is 20.3. The molecular weight excluding hydrogens is 474 g/mol. The number of ether oxygens (including phenoxy) is 2. The van der Waals surface area contributed by atoms with E-state index in [9.17, 15) is 19.7 Å². The number of thiazole rings is 1. The molecule has 0 unspecified atom stereocenters. The summed E-state index contributed by atoms with van der Waals surface area (Å²) < 4.78 is 17.9. The number of nitro groups is 1. The van der Waals surface area contributed by atoms with Gasteiger partial charge in [0.05, 0.1) is 40.6 Å². The highest BCUT2D eigenvalue weighted by Gasteiger charge is 2.33. The van der Waals surface area contributed by atoms with Crippen molar-refractivity contribution in [1.29, 1.82) is 0 Å². The number of fused-ring (bicyclic) bond motifs is 1. The van der Waals surface area contributed by atoms with Gasteiger partial charge in [0.1, 0.15) is 16.4 Å². The molecule has 0 bridgehead atoms. The van der Waals surface area contributed by atoms with Crippen LogP contribution in [0.1, 0.15) is 45.1 Å². The monoisotopic (exact) mass is 497 g/mol. The Labute approximate surface area is 203 Å². The van der Waals surface area contributed by atoms with E-state index in [1.807, 2.05) is 6.92 Å². The third-order valence-corrected chi connectivity index (χ3v) is 6.14. The van der Waals surface area contributed by atoms with Gasteiger partial charge in [-0.3, -0.25) is 19.5 Å². The van der Waals surface area contributed by atoms with Crippen LogP contribution in [-0.4, -0.2) is 28.2 Å². The number of carbonyl (C=O) groups excluding carboxylic acids is 1. The van der Waals surface area contributed by atoms with Crippen molar-refractivity contribution in [2.24, 2.45) is 4.99 Å². The van der Waals surface area contributed by atoms with Gasteiger partial charge in [-0.2, -0.15) is 0 Å². The van der Waals surface area contributed by atoms with Crippen molar-refractivity contribution in [1.82, 2.24) is 4.57 Å². The van der Waals surface area contributed by atoms with Crippen molar-refractivity contribution in [3.8, 4) is 5.75 Å². The third-order valence-electron chi connectivity index (χ3n) is 5.16. The SMILES string of the molecule is CCOc1ccc([C@H]2C(C(=O)OC(C)C)=C(C)N=c3s/c(=C/c4ccc([N+](=O)[O-])o4)c(=O)n32)cc1. The minimum atomic E-state index is -0.777. The molecule has 35 heavy (non-hydrogen) atoms. The quantitative estimate of drug-likeness (QED) is 0.279. The van der Waals surface area contributed by atoms with Gasteiger partial charge in [0.2, 0.25) is 0 Å². The Morgan fingerprint density at radius 2 is 2.00 bits per heavy atom. The minimum Gasteiger partial charge on any atom is -0.494 e. The number of esters is 1. The average molecular weight is 498 g/mol. The molecule has 0 spiro atoms. The molecule has 4 rings (SSSR count). The minimum absolute atomic E-state index is 0.162. The van der Waals surface area contributed by atoms with Crippen LogP contribution in [0.2, 0.25) is 0 Å². The van der Waals surface area contributed by atoms with E-state index in [4.69, 9.17) is 13.9 Å². The zero-order chi connectivity index (χ0) is 25.3. The van der Waals surface area contributed by atoms with Crippen molar-refractivity contribution >= 4 is 29.3 Å². The Bertz CT molecular complexity index is 1490. The predicted molar refractivity (Wildman–Crippen MR) is 128 cm³/mol. The van der Waals surface area contributed by atoms with Gasteiger partial charge in [0.25, 0.3) is 5.56 Å². The lowest BCUT2D eigenvalue weighted by Gasteiger charge is -2.25. The molecule has 1 aliphatic heterocycles. The van der Waals surface area contributed by atoms with Gasteiger partial charge < -0.3 is 13.9 Å². The largest absolute Gasteiger partial charge is 0.494 e. The highest BCUT2D eigenvalue weighted by Crippen LogP contribution is 2.32. The molecular formula is C24H23N3O7S. The summed E-state index contributed by atoms with van der Waals surface area (Å²) >= 11 is 1.10. The summed E-state index contributed by atoms with van der Waals surface area (Å²) in [5.74, 6) is -0.160. The first-order valence-electron chi connectivity index (χ1n) is 10.9. The van der Waals surface area contributed by atoms with Crippen LogP contribution < -0.4 is 19.6 Å². The van der Waals surface area contributed by atoms with Crippen LogP contribution >= 0.6 is 11.3 Å². The van der Waals surface area contributed by atoms with Crippen LogP contribution in [0.3, 0.4) is 0 Å². The maximum absolute atomic E-state index is 13.5. The topological polar surface area (TPSA) is 126 Å². The van der Waals surface area contributed by atoms with E-state index in [2.05, 4.69) is 4.99 Å². The summed E-state index contributed by atoms with van der Waals surface area (Å²) in [4.78, 5) is 41.8. The molecule has 3 aromatic rings. The van der Waals surface area contributed by atoms with Crippen molar-refractivity contribution in [3.63, 3.8) is 0 Å². The molecule has 3 heterocycles. The normalized spacial score (nSPS) is 15.7. The maximum Gasteiger partial charge on any atom is 0.433 e. The number of nitrogens with zero attached hydrogens (tertiary/aromatic N) is 3. The molecule has 0 saturated heterocycles. The summed E-state index contributed by atoms with van der Waals surface area (Å²) in [6, 6.07) is 9.00. The van der Waals surface area contributed by atoms with E-state index in [-0.39, 0.29) is 22.0 Å². The molecule has 10 nitrogen and oxygen atoms in total. The van der Waals surface area contributed by atoms with Crippen LogP contribution in [0.5, 0.6) is 5.75 Å². The van der Waals surface area contributed by atoms with Gasteiger partial charge in [-0.1, -0.05) is 23.5 Å². The maximum atomic E-state index is 13.5. The fourth-order valence-corrected chi connectivity index (χ4v) is 4.76. The first kappa shape index (κ1) is 24.1. The second-order valence-corrected chi connectivity index (χ2v) is 8.98. The fraction of sp³-hybridized carbons (Fsp3) is 0.292. The Kier molecular flexibility index (Phi) is 6.70. The van der Waals surface area contributed by atoms with Crippen LogP contribution in [-0.2, 0) is 9.53 Å². The van der Waals surface area contributed by atoms with Crippen molar-refractivity contribution in [3.05, 3.63) is 88.8 Å². The highest BCUT2D eigenvalue weighted by atomic mass is 32.1. The molecule has 1 aromatic carbocycles. The summed E-state index contributed by atoms with van der Waals surface area (Å²) in [5.41, 5.74) is 0.972. The smallest absolute Gasteiger partial charge is 0.433 e. The third kappa shape index (κ3) is 4.80. The molecule has 0 fully saturated rings. The van der Waals surface area contributed by atoms with Crippen LogP contribution in [0.4, 0.5) is 5.88 Å². The first-order chi connectivity index (χ1) is 16.7. The molecule has 0 saturated carbocycles. The molecule has 0 aliphatic carbocycles. The molecule has 0 N–H and O–H groups in total. The summed E-state index contributed by atoms with van der Waals surface area (Å²) in [7, 11) is 0. The van der Waals surface area contributed by atoms with E-state index in [0.29, 0.717) is 28.4 Å². The molecule has 1 atom stereocenters. The van der Waals surface area contributed by atoms with Crippen molar-refractivity contribution in [2.45, 2.75) is 39.8 Å². The predicted octanol–water partition coefficient (Wildman–Crippen LogP) is 3.09. The Morgan fingerprint density at radius 3 is 2.60 bits per heavy atom. The van der Waals surface area contributed by atoms with E-state index in [1.165, 1.54) is 22.8 Å². The number of carbonyl (C=O) groups is 1. The number of rotatable bonds is 7. The number of benzene rings is 1. The van der Waals surface area contributed by atoms with Crippen LogP contribution in [0.15, 0.2) is 61.9 Å². The van der Waals surface area contributed by atoms with E-state index < -0.39 is 28.4 Å². The van der Waals surface area contributed by atoms with Gasteiger partial charge in [-0.05, 0) is 51.5 Å². The van der Waals surface area contributed by atoms with Gasteiger partial charge >= 0.3 is 11.9 Å².